The molecule has 3 N–H and O–H groups in total. The molecule has 0 spiro atoms. The van der Waals surface area contributed by atoms with Gasteiger partial charge >= 0.3 is 0 Å². The summed E-state index contributed by atoms with van der Waals surface area (Å²) in [5, 5.41) is 9.48. The molecular formula is C17H26N4O. The van der Waals surface area contributed by atoms with Crippen LogP contribution in [0.4, 0.5) is 5.69 Å². The van der Waals surface area contributed by atoms with Crippen molar-refractivity contribution >= 4 is 17.6 Å². The summed E-state index contributed by atoms with van der Waals surface area (Å²) < 4.78 is 0. The van der Waals surface area contributed by atoms with Gasteiger partial charge in [-0.15, -0.1) is 0 Å². The highest BCUT2D eigenvalue weighted by Gasteiger charge is 2.14. The van der Waals surface area contributed by atoms with Gasteiger partial charge in [0.2, 0.25) is 5.91 Å². The van der Waals surface area contributed by atoms with Gasteiger partial charge in [-0.1, -0.05) is 37.5 Å². The molecule has 0 aromatic heterocycles. The molecule has 1 amide bonds. The van der Waals surface area contributed by atoms with Crippen molar-refractivity contribution in [3.63, 3.8) is 0 Å². The molecule has 1 aliphatic carbocycles. The Morgan fingerprint density at radius 1 is 1.18 bits per heavy atom. The summed E-state index contributed by atoms with van der Waals surface area (Å²) in [6.07, 6.45) is 6.23. The first kappa shape index (κ1) is 16.3. The first-order chi connectivity index (χ1) is 10.8. The predicted molar refractivity (Wildman–Crippen MR) is 91.1 cm³/mol. The highest BCUT2D eigenvalue weighted by atomic mass is 16.1. The lowest BCUT2D eigenvalue weighted by molar-refractivity contribution is -0.114. The normalized spacial score (nSPS) is 16.1. The second kappa shape index (κ2) is 9.07. The summed E-state index contributed by atoms with van der Waals surface area (Å²) in [6.45, 7) is 2.94. The van der Waals surface area contributed by atoms with E-state index in [1.54, 1.807) is 0 Å². The summed E-state index contributed by atoms with van der Waals surface area (Å²) in [7, 11) is 0. The first-order valence-electron chi connectivity index (χ1n) is 8.17. The maximum Gasteiger partial charge on any atom is 0.246 e. The molecule has 0 radical (unpaired) electrons. The Labute approximate surface area is 132 Å². The zero-order valence-corrected chi connectivity index (χ0v) is 13.3. The summed E-state index contributed by atoms with van der Waals surface area (Å²) in [5.74, 6) is 0.629. The van der Waals surface area contributed by atoms with Gasteiger partial charge in [0.15, 0.2) is 5.96 Å². The molecule has 2 rings (SSSR count). The fraction of sp³-hybridized carbons (Fsp3) is 0.529. The largest absolute Gasteiger partial charge is 0.357 e. The standard InChI is InChI=1S/C17H26N4O/c1-2-18-17(21-15-11-7-4-8-12-15)19-13-16(22)20-14-9-5-3-6-10-14/h3,5-6,9-10,15H,2,4,7-8,11-13H2,1H3,(H,20,22)(H2,18,19,21). The Morgan fingerprint density at radius 2 is 1.91 bits per heavy atom. The van der Waals surface area contributed by atoms with Gasteiger partial charge in [-0.3, -0.25) is 4.79 Å². The lowest BCUT2D eigenvalue weighted by atomic mass is 9.96. The van der Waals surface area contributed by atoms with Crippen LogP contribution in [-0.2, 0) is 4.79 Å². The molecule has 1 fully saturated rings. The SMILES string of the molecule is CCNC(=NCC(=O)Nc1ccccc1)NC1CCCCC1. The smallest absolute Gasteiger partial charge is 0.246 e. The number of aliphatic imine (C=N–C) groups is 1. The maximum atomic E-state index is 11.9. The van der Waals surface area contributed by atoms with Crippen molar-refractivity contribution in [1.82, 2.24) is 10.6 Å². The summed E-state index contributed by atoms with van der Waals surface area (Å²) in [6, 6.07) is 9.93. The minimum atomic E-state index is -0.105. The molecule has 0 atom stereocenters. The van der Waals surface area contributed by atoms with Crippen LogP contribution < -0.4 is 16.0 Å². The van der Waals surface area contributed by atoms with E-state index in [-0.39, 0.29) is 12.5 Å². The van der Waals surface area contributed by atoms with Crippen LogP contribution in [0, 0.1) is 0 Å². The van der Waals surface area contributed by atoms with Crippen LogP contribution in [0.5, 0.6) is 0 Å². The van der Waals surface area contributed by atoms with E-state index in [2.05, 4.69) is 20.9 Å². The highest BCUT2D eigenvalue weighted by molar-refractivity contribution is 5.94. The number of nitrogens with zero attached hydrogens (tertiary/aromatic N) is 1. The molecule has 0 saturated heterocycles. The van der Waals surface area contributed by atoms with Gasteiger partial charge in [-0.2, -0.15) is 0 Å². The number of anilines is 1. The van der Waals surface area contributed by atoms with Gasteiger partial charge in [-0.25, -0.2) is 4.99 Å². The van der Waals surface area contributed by atoms with Crippen molar-refractivity contribution in [3.05, 3.63) is 30.3 Å². The molecule has 1 aromatic carbocycles. The molecule has 0 bridgehead atoms. The fourth-order valence-corrected chi connectivity index (χ4v) is 2.63. The van der Waals surface area contributed by atoms with Crippen LogP contribution in [-0.4, -0.2) is 31.0 Å². The van der Waals surface area contributed by atoms with Crippen LogP contribution in [0.3, 0.4) is 0 Å². The van der Waals surface area contributed by atoms with Crippen LogP contribution >= 0.6 is 0 Å². The molecule has 1 aromatic rings. The zero-order chi connectivity index (χ0) is 15.6. The average molecular weight is 302 g/mol. The van der Waals surface area contributed by atoms with E-state index >= 15 is 0 Å². The van der Waals surface area contributed by atoms with E-state index in [4.69, 9.17) is 0 Å². The third kappa shape index (κ3) is 5.76. The molecule has 1 saturated carbocycles. The molecule has 22 heavy (non-hydrogen) atoms. The molecule has 1 aliphatic rings. The Kier molecular flexibility index (Phi) is 6.74. The quantitative estimate of drug-likeness (QED) is 0.578. The van der Waals surface area contributed by atoms with Gasteiger partial charge < -0.3 is 16.0 Å². The fourth-order valence-electron chi connectivity index (χ4n) is 2.63. The van der Waals surface area contributed by atoms with Crippen molar-refractivity contribution in [3.8, 4) is 0 Å². The van der Waals surface area contributed by atoms with E-state index in [9.17, 15) is 4.79 Å². The Balaban J connectivity index is 1.84. The molecule has 0 heterocycles. The molecule has 0 aliphatic heterocycles. The maximum absolute atomic E-state index is 11.9. The third-order valence-electron chi connectivity index (χ3n) is 3.73. The molecular weight excluding hydrogens is 276 g/mol. The number of rotatable bonds is 5. The van der Waals surface area contributed by atoms with Crippen molar-refractivity contribution in [1.29, 1.82) is 0 Å². The van der Waals surface area contributed by atoms with E-state index in [0.717, 1.165) is 18.2 Å². The summed E-state index contributed by atoms with van der Waals surface area (Å²) >= 11 is 0. The van der Waals surface area contributed by atoms with Crippen LogP contribution in [0.15, 0.2) is 35.3 Å². The lowest BCUT2D eigenvalue weighted by Crippen LogP contribution is -2.44. The van der Waals surface area contributed by atoms with Crippen molar-refractivity contribution in [2.24, 2.45) is 4.99 Å². The minimum absolute atomic E-state index is 0.105. The van der Waals surface area contributed by atoms with Gasteiger partial charge in [0, 0.05) is 18.3 Å². The number of para-hydroxylation sites is 1. The average Bonchev–Trinajstić information content (AvgIpc) is 2.55. The van der Waals surface area contributed by atoms with Gasteiger partial charge in [0.25, 0.3) is 0 Å². The number of benzene rings is 1. The van der Waals surface area contributed by atoms with E-state index in [1.165, 1.54) is 32.1 Å². The van der Waals surface area contributed by atoms with Crippen molar-refractivity contribution in [2.45, 2.75) is 45.1 Å². The third-order valence-corrected chi connectivity index (χ3v) is 3.73. The molecule has 120 valence electrons. The number of amides is 1. The lowest BCUT2D eigenvalue weighted by Gasteiger charge is -2.24. The summed E-state index contributed by atoms with van der Waals surface area (Å²) in [5.41, 5.74) is 0.799. The van der Waals surface area contributed by atoms with Gasteiger partial charge in [-0.05, 0) is 31.9 Å². The van der Waals surface area contributed by atoms with Crippen LogP contribution in [0.1, 0.15) is 39.0 Å². The number of nitrogens with one attached hydrogen (secondary N) is 3. The number of carbonyl (C=O) groups excluding carboxylic acids is 1. The Hall–Kier alpha value is -2.04. The van der Waals surface area contributed by atoms with Crippen LogP contribution in [0.25, 0.3) is 0 Å². The number of hydrogen-bond donors (Lipinski definition) is 3. The predicted octanol–water partition coefficient (Wildman–Crippen LogP) is 2.51. The highest BCUT2D eigenvalue weighted by Crippen LogP contribution is 2.17. The number of guanidine groups is 1. The van der Waals surface area contributed by atoms with Crippen molar-refractivity contribution in [2.75, 3.05) is 18.4 Å². The molecule has 0 unspecified atom stereocenters. The van der Waals surface area contributed by atoms with Crippen molar-refractivity contribution < 1.29 is 4.79 Å². The van der Waals surface area contributed by atoms with E-state index < -0.39 is 0 Å². The van der Waals surface area contributed by atoms with E-state index in [1.807, 2.05) is 37.3 Å². The molecule has 5 heteroatoms. The first-order valence-corrected chi connectivity index (χ1v) is 8.17. The van der Waals surface area contributed by atoms with E-state index in [0.29, 0.717) is 6.04 Å². The number of hydrogen-bond acceptors (Lipinski definition) is 2. The topological polar surface area (TPSA) is 65.5 Å². The minimum Gasteiger partial charge on any atom is -0.357 e. The summed E-state index contributed by atoms with van der Waals surface area (Å²) in [4.78, 5) is 16.3. The second-order valence-corrected chi connectivity index (χ2v) is 5.59. The van der Waals surface area contributed by atoms with Crippen LogP contribution in [0.2, 0.25) is 0 Å². The van der Waals surface area contributed by atoms with Gasteiger partial charge in [0.1, 0.15) is 6.54 Å². The monoisotopic (exact) mass is 302 g/mol. The zero-order valence-electron chi connectivity index (χ0n) is 13.3. The van der Waals surface area contributed by atoms with Gasteiger partial charge in [0.05, 0.1) is 0 Å². The number of carbonyl (C=O) groups is 1. The molecule has 5 nitrogen and oxygen atoms in total. The Bertz CT molecular complexity index is 481. The Morgan fingerprint density at radius 3 is 2.59 bits per heavy atom. The second-order valence-electron chi connectivity index (χ2n) is 5.59.